The van der Waals surface area contributed by atoms with Gasteiger partial charge in [0.15, 0.2) is 0 Å². The molecular weight excluding hydrogens is 194 g/mol. The van der Waals surface area contributed by atoms with E-state index in [1.54, 1.807) is 0 Å². The monoisotopic (exact) mass is 215 g/mol. The van der Waals surface area contributed by atoms with Gasteiger partial charge in [-0.15, -0.1) is 0 Å². The van der Waals surface area contributed by atoms with E-state index < -0.39 is 0 Å². The number of rotatable bonds is 3. The van der Waals surface area contributed by atoms with Crippen LogP contribution in [0, 0.1) is 13.8 Å². The average Bonchev–Trinajstić information content (AvgIpc) is 2.29. The molecule has 0 unspecified atom stereocenters. The van der Waals surface area contributed by atoms with E-state index >= 15 is 0 Å². The van der Waals surface area contributed by atoms with E-state index in [0.29, 0.717) is 0 Å². The molecule has 0 N–H and O–H groups in total. The summed E-state index contributed by atoms with van der Waals surface area (Å²) >= 11 is 0. The average molecular weight is 215 g/mol. The van der Waals surface area contributed by atoms with E-state index in [4.69, 9.17) is 0 Å². The van der Waals surface area contributed by atoms with Crippen molar-refractivity contribution in [1.82, 2.24) is 0 Å². The molecule has 1 aromatic rings. The molecule has 1 rings (SSSR count). The van der Waals surface area contributed by atoms with Crippen molar-refractivity contribution in [1.29, 1.82) is 0 Å². The standard InChI is InChI=1S/C15H21N/c1-6-11(2)9-15(16-5)14-8-7-12(3)13(4)10-14/h7-10H,6H2,1-5H3/b11-9+,16-15?. The highest BCUT2D eigenvalue weighted by Crippen LogP contribution is 2.12. The first-order valence-electron chi connectivity index (χ1n) is 5.80. The Kier molecular flexibility index (Phi) is 4.48. The van der Waals surface area contributed by atoms with E-state index in [2.05, 4.69) is 57.0 Å². The molecule has 0 radical (unpaired) electrons. The Morgan fingerprint density at radius 1 is 1.25 bits per heavy atom. The number of hydrogen-bond donors (Lipinski definition) is 0. The summed E-state index contributed by atoms with van der Waals surface area (Å²) in [5.74, 6) is 0. The highest BCUT2D eigenvalue weighted by molar-refractivity contribution is 6.09. The molecule has 0 aromatic heterocycles. The van der Waals surface area contributed by atoms with E-state index in [1.165, 1.54) is 22.3 Å². The summed E-state index contributed by atoms with van der Waals surface area (Å²) in [6.07, 6.45) is 3.24. The summed E-state index contributed by atoms with van der Waals surface area (Å²) < 4.78 is 0. The topological polar surface area (TPSA) is 12.4 Å². The summed E-state index contributed by atoms with van der Waals surface area (Å²) in [5.41, 5.74) is 6.29. The number of aliphatic imine (C=N–C) groups is 1. The first-order chi connectivity index (χ1) is 7.58. The molecule has 0 saturated carbocycles. The second kappa shape index (κ2) is 5.64. The number of nitrogens with zero attached hydrogens (tertiary/aromatic N) is 1. The molecule has 0 fully saturated rings. The van der Waals surface area contributed by atoms with Crippen LogP contribution in [-0.4, -0.2) is 12.8 Å². The van der Waals surface area contributed by atoms with Crippen molar-refractivity contribution < 1.29 is 0 Å². The van der Waals surface area contributed by atoms with Crippen molar-refractivity contribution in [3.63, 3.8) is 0 Å². The van der Waals surface area contributed by atoms with Gasteiger partial charge in [-0.25, -0.2) is 0 Å². The van der Waals surface area contributed by atoms with E-state index in [9.17, 15) is 0 Å². The van der Waals surface area contributed by atoms with Crippen LogP contribution in [0.3, 0.4) is 0 Å². The maximum absolute atomic E-state index is 4.36. The van der Waals surface area contributed by atoms with Gasteiger partial charge >= 0.3 is 0 Å². The largest absolute Gasteiger partial charge is 0.288 e. The van der Waals surface area contributed by atoms with Crippen LogP contribution in [0.1, 0.15) is 37.0 Å². The molecule has 1 aromatic carbocycles. The summed E-state index contributed by atoms with van der Waals surface area (Å²) in [7, 11) is 1.85. The van der Waals surface area contributed by atoms with Gasteiger partial charge in [0.1, 0.15) is 0 Å². The number of benzene rings is 1. The molecule has 0 spiro atoms. The van der Waals surface area contributed by atoms with Gasteiger partial charge in [-0.2, -0.15) is 0 Å². The summed E-state index contributed by atoms with van der Waals surface area (Å²) in [4.78, 5) is 4.36. The van der Waals surface area contributed by atoms with Crippen LogP contribution in [-0.2, 0) is 0 Å². The molecule has 1 heteroatoms. The Hall–Kier alpha value is -1.37. The molecule has 0 atom stereocenters. The zero-order chi connectivity index (χ0) is 12.1. The fourth-order valence-corrected chi connectivity index (χ4v) is 1.51. The Balaban J connectivity index is 3.11. The normalized spacial score (nSPS) is 13.1. The Labute approximate surface area is 98.9 Å². The van der Waals surface area contributed by atoms with Crippen molar-refractivity contribution in [3.05, 3.63) is 46.5 Å². The Morgan fingerprint density at radius 2 is 1.94 bits per heavy atom. The van der Waals surface area contributed by atoms with Crippen molar-refractivity contribution in [2.45, 2.75) is 34.1 Å². The van der Waals surface area contributed by atoms with Crippen molar-refractivity contribution in [2.24, 2.45) is 4.99 Å². The van der Waals surface area contributed by atoms with Crippen molar-refractivity contribution >= 4 is 5.71 Å². The fourth-order valence-electron chi connectivity index (χ4n) is 1.51. The zero-order valence-corrected chi connectivity index (χ0v) is 11.0. The van der Waals surface area contributed by atoms with Crippen LogP contribution in [0.4, 0.5) is 0 Å². The minimum Gasteiger partial charge on any atom is -0.288 e. The molecular formula is C15H21N. The summed E-state index contributed by atoms with van der Waals surface area (Å²) in [5, 5.41) is 0. The van der Waals surface area contributed by atoms with Crippen molar-refractivity contribution in [2.75, 3.05) is 7.05 Å². The van der Waals surface area contributed by atoms with E-state index in [1.807, 2.05) is 7.05 Å². The first-order valence-corrected chi connectivity index (χ1v) is 5.80. The predicted molar refractivity (Wildman–Crippen MR) is 72.4 cm³/mol. The van der Waals surface area contributed by atoms with Gasteiger partial charge in [0.2, 0.25) is 0 Å². The zero-order valence-electron chi connectivity index (χ0n) is 11.0. The van der Waals surface area contributed by atoms with Gasteiger partial charge in [0, 0.05) is 7.05 Å². The third-order valence-corrected chi connectivity index (χ3v) is 2.98. The fraction of sp³-hybridized carbons (Fsp3) is 0.400. The van der Waals surface area contributed by atoms with Crippen LogP contribution in [0.5, 0.6) is 0 Å². The quantitative estimate of drug-likeness (QED) is 0.674. The Bertz CT molecular complexity index is 425. The van der Waals surface area contributed by atoms with Crippen LogP contribution in [0.2, 0.25) is 0 Å². The second-order valence-electron chi connectivity index (χ2n) is 4.25. The van der Waals surface area contributed by atoms with Gasteiger partial charge in [-0.1, -0.05) is 24.6 Å². The first kappa shape index (κ1) is 12.7. The predicted octanol–water partition coefficient (Wildman–Crippen LogP) is 4.08. The van der Waals surface area contributed by atoms with Gasteiger partial charge < -0.3 is 0 Å². The lowest BCUT2D eigenvalue weighted by atomic mass is 10.0. The molecule has 0 saturated heterocycles. The SMILES string of the molecule is CC/C(C)=C/C(=NC)c1ccc(C)c(C)c1. The summed E-state index contributed by atoms with van der Waals surface area (Å²) in [6, 6.07) is 6.51. The number of hydrogen-bond acceptors (Lipinski definition) is 1. The molecule has 0 aliphatic heterocycles. The van der Waals surface area contributed by atoms with Gasteiger partial charge in [0.05, 0.1) is 5.71 Å². The third-order valence-electron chi connectivity index (χ3n) is 2.98. The lowest BCUT2D eigenvalue weighted by molar-refractivity contribution is 1.10. The van der Waals surface area contributed by atoms with Gasteiger partial charge in [-0.3, -0.25) is 4.99 Å². The van der Waals surface area contributed by atoms with Crippen molar-refractivity contribution in [3.8, 4) is 0 Å². The lowest BCUT2D eigenvalue weighted by Gasteiger charge is -2.06. The molecule has 0 bridgehead atoms. The van der Waals surface area contributed by atoms with Crippen LogP contribution >= 0.6 is 0 Å². The second-order valence-corrected chi connectivity index (χ2v) is 4.25. The number of allylic oxidation sites excluding steroid dienone is 2. The molecule has 16 heavy (non-hydrogen) atoms. The molecule has 0 heterocycles. The maximum Gasteiger partial charge on any atom is 0.0642 e. The third kappa shape index (κ3) is 3.06. The van der Waals surface area contributed by atoms with Gasteiger partial charge in [0.25, 0.3) is 0 Å². The minimum absolute atomic E-state index is 1.07. The molecule has 1 nitrogen and oxygen atoms in total. The van der Waals surface area contributed by atoms with E-state index in [-0.39, 0.29) is 0 Å². The minimum atomic E-state index is 1.07. The molecule has 86 valence electrons. The van der Waals surface area contributed by atoms with Gasteiger partial charge in [-0.05, 0) is 56.0 Å². The van der Waals surface area contributed by atoms with Crippen LogP contribution in [0.25, 0.3) is 0 Å². The lowest BCUT2D eigenvalue weighted by Crippen LogP contribution is -1.99. The maximum atomic E-state index is 4.36. The highest BCUT2D eigenvalue weighted by atomic mass is 14.7. The molecule has 0 amide bonds. The van der Waals surface area contributed by atoms with E-state index in [0.717, 1.165) is 12.1 Å². The highest BCUT2D eigenvalue weighted by Gasteiger charge is 2.01. The Morgan fingerprint density at radius 3 is 2.44 bits per heavy atom. The number of aryl methyl sites for hydroxylation is 2. The van der Waals surface area contributed by atoms with Crippen LogP contribution < -0.4 is 0 Å². The van der Waals surface area contributed by atoms with Crippen LogP contribution in [0.15, 0.2) is 34.8 Å². The molecule has 0 aliphatic carbocycles. The summed E-state index contributed by atoms with van der Waals surface area (Å²) in [6.45, 7) is 8.59. The smallest absolute Gasteiger partial charge is 0.0642 e. The molecule has 0 aliphatic rings.